The second-order valence-electron chi connectivity index (χ2n) is 11.0. The lowest BCUT2D eigenvalue weighted by molar-refractivity contribution is 0.889. The van der Waals surface area contributed by atoms with Crippen LogP contribution in [0.2, 0.25) is 0 Å². The molecule has 0 saturated heterocycles. The second-order valence-corrected chi connectivity index (χ2v) is 15.3. The molecule has 211 valence electrons. The van der Waals surface area contributed by atoms with Crippen molar-refractivity contribution in [1.82, 2.24) is 9.55 Å². The Morgan fingerprint density at radius 2 is 1.12 bits per heavy atom. The molecule has 0 fully saturated rings. The Morgan fingerprint density at radius 3 is 1.63 bits per heavy atom. The van der Waals surface area contributed by atoms with E-state index in [1.54, 1.807) is 0 Å². The van der Waals surface area contributed by atoms with Crippen molar-refractivity contribution in [1.29, 1.82) is 0 Å². The maximum atomic E-state index is 4.94. The number of rotatable bonds is 12. The van der Waals surface area contributed by atoms with Crippen LogP contribution in [0.3, 0.4) is 0 Å². The van der Waals surface area contributed by atoms with E-state index in [1.807, 2.05) is 6.20 Å². The number of hydrogen-bond donors (Lipinski definition) is 1. The minimum absolute atomic E-state index is 0.0965. The van der Waals surface area contributed by atoms with E-state index < -0.39 is 8.07 Å². The fourth-order valence-corrected chi connectivity index (χ4v) is 10.9. The molecule has 0 saturated carbocycles. The van der Waals surface area contributed by atoms with Gasteiger partial charge in [0.1, 0.15) is 0 Å². The van der Waals surface area contributed by atoms with E-state index in [4.69, 9.17) is 4.98 Å². The molecule has 0 spiro atoms. The van der Waals surface area contributed by atoms with Gasteiger partial charge in [0, 0.05) is 18.6 Å². The molecule has 1 aromatic heterocycles. The molecule has 0 atom stereocenters. The third-order valence-corrected chi connectivity index (χ3v) is 13.5. The van der Waals surface area contributed by atoms with Crippen LogP contribution in [-0.2, 0) is 12.6 Å². The number of thiol groups is 1. The third-order valence-electron chi connectivity index (χ3n) is 8.39. The van der Waals surface area contributed by atoms with Crippen LogP contribution in [0, 0.1) is 0 Å². The van der Waals surface area contributed by atoms with Crippen molar-refractivity contribution in [2.45, 2.75) is 24.8 Å². The van der Waals surface area contributed by atoms with E-state index in [1.165, 1.54) is 32.3 Å². The predicted molar refractivity (Wildman–Crippen MR) is 188 cm³/mol. The molecular weight excluding hydrogens is 555 g/mol. The number of hydrogen-bond acceptors (Lipinski definition) is 2. The third kappa shape index (κ3) is 6.48. The first kappa shape index (κ1) is 29.0. The minimum Gasteiger partial charge on any atom is -0.345 e. The Bertz CT molecular complexity index is 1610. The first-order chi connectivity index (χ1) is 21.3. The van der Waals surface area contributed by atoms with Gasteiger partial charge in [-0.05, 0) is 56.7 Å². The summed E-state index contributed by atoms with van der Waals surface area (Å²) in [6.45, 7) is 0. The molecule has 6 aromatic rings. The molecule has 0 aliphatic rings. The molecule has 1 heterocycles. The van der Waals surface area contributed by atoms with E-state index in [0.29, 0.717) is 0 Å². The smallest absolute Gasteiger partial charge is 0.215 e. The van der Waals surface area contributed by atoms with Crippen LogP contribution in [0.5, 0.6) is 0 Å². The lowest BCUT2D eigenvalue weighted by Gasteiger charge is -2.35. The summed E-state index contributed by atoms with van der Waals surface area (Å²) in [6.07, 6.45) is 7.10. The molecular formula is C38H36BN2SSi. The number of aryl methyl sites for hydroxylation is 1. The Morgan fingerprint density at radius 1 is 0.628 bits per heavy atom. The zero-order valence-corrected chi connectivity index (χ0v) is 26.2. The maximum absolute atomic E-state index is 4.94. The zero-order chi connectivity index (χ0) is 29.3. The second kappa shape index (κ2) is 13.9. The molecule has 0 aliphatic carbocycles. The predicted octanol–water partition coefficient (Wildman–Crippen LogP) is 5.57. The molecule has 5 heteroatoms. The Kier molecular flexibility index (Phi) is 9.41. The summed E-state index contributed by atoms with van der Waals surface area (Å²) in [6, 6.07) is 53.2. The lowest BCUT2D eigenvalue weighted by Crippen LogP contribution is -2.70. The molecule has 5 aromatic carbocycles. The van der Waals surface area contributed by atoms with Gasteiger partial charge in [-0.3, -0.25) is 4.98 Å². The Hall–Kier alpha value is -4.06. The van der Waals surface area contributed by atoms with Crippen LogP contribution in [-0.4, -0.2) is 30.7 Å². The highest BCUT2D eigenvalue weighted by Gasteiger charge is 2.40. The van der Waals surface area contributed by atoms with Crippen LogP contribution in [0.4, 0.5) is 0 Å². The molecule has 1 radical (unpaired) electrons. The Balaban J connectivity index is 1.46. The van der Waals surface area contributed by atoms with E-state index in [-0.39, 0.29) is 5.82 Å². The summed E-state index contributed by atoms with van der Waals surface area (Å²) >= 11 is 4.44. The van der Waals surface area contributed by atoms with Crippen LogP contribution in [0.25, 0.3) is 0 Å². The van der Waals surface area contributed by atoms with E-state index in [0.717, 1.165) is 30.5 Å². The first-order valence-corrected chi connectivity index (χ1v) is 17.9. The SMILES string of the molecule is SCCCc1ccc([Si](Cn2ccnc2[B]C(c2ccccc2)c2ccccc2)(c2ccccc2)c2ccccc2)cc1. The summed E-state index contributed by atoms with van der Waals surface area (Å²) in [7, 11) is -0.202. The standard InChI is InChI=1S/C38H36BN2SSi/c42-29-13-14-31-23-25-36(26-24-31)43(34-19-9-3-10-20-34,35-21-11-4-12-22-35)30-41-28-27-40-38(41)39-37(32-15-5-1-6-16-32)33-17-7-2-8-18-33/h1-12,15-28,37,42H,13-14,29-30H2. The van der Waals surface area contributed by atoms with E-state index >= 15 is 0 Å². The number of imidazole rings is 1. The van der Waals surface area contributed by atoms with Crippen LogP contribution in [0.1, 0.15) is 28.9 Å². The number of benzene rings is 5. The molecule has 0 bridgehead atoms. The summed E-state index contributed by atoms with van der Waals surface area (Å²) in [5, 5.41) is 4.19. The molecule has 0 amide bonds. The quantitative estimate of drug-likeness (QED) is 0.112. The van der Waals surface area contributed by atoms with Crippen molar-refractivity contribution in [3.63, 3.8) is 0 Å². The molecule has 2 nitrogen and oxygen atoms in total. The average molecular weight is 592 g/mol. The van der Waals surface area contributed by atoms with Crippen molar-refractivity contribution in [2.75, 3.05) is 5.75 Å². The van der Waals surface area contributed by atoms with E-state index in [9.17, 15) is 0 Å². The van der Waals surface area contributed by atoms with Gasteiger partial charge in [-0.15, -0.1) is 0 Å². The minimum atomic E-state index is -2.54. The number of aromatic nitrogens is 2. The highest BCUT2D eigenvalue weighted by Crippen LogP contribution is 2.23. The van der Waals surface area contributed by atoms with Gasteiger partial charge < -0.3 is 4.57 Å². The Labute approximate surface area is 263 Å². The molecule has 6 rings (SSSR count). The van der Waals surface area contributed by atoms with Gasteiger partial charge in [-0.1, -0.05) is 146 Å². The van der Waals surface area contributed by atoms with Gasteiger partial charge in [-0.25, -0.2) is 0 Å². The summed E-state index contributed by atoms with van der Waals surface area (Å²) in [5.74, 6) is 1.00. The van der Waals surface area contributed by atoms with Gasteiger partial charge in [0.05, 0.1) is 5.72 Å². The normalized spacial score (nSPS) is 11.5. The van der Waals surface area contributed by atoms with Crippen molar-refractivity contribution in [3.05, 3.63) is 175 Å². The molecule has 43 heavy (non-hydrogen) atoms. The van der Waals surface area contributed by atoms with Crippen molar-refractivity contribution >= 4 is 49.3 Å². The molecule has 0 unspecified atom stereocenters. The van der Waals surface area contributed by atoms with Gasteiger partial charge in [0.2, 0.25) is 7.28 Å². The monoisotopic (exact) mass is 591 g/mol. The zero-order valence-electron chi connectivity index (χ0n) is 24.3. The van der Waals surface area contributed by atoms with Crippen molar-refractivity contribution in [3.8, 4) is 0 Å². The van der Waals surface area contributed by atoms with Crippen LogP contribution in [0.15, 0.2) is 158 Å². The number of nitrogens with zero attached hydrogens (tertiary/aromatic N) is 2. The molecule has 0 N–H and O–H groups in total. The van der Waals surface area contributed by atoms with Crippen molar-refractivity contribution < 1.29 is 0 Å². The fraction of sp³-hybridized carbons (Fsp3) is 0.132. The van der Waals surface area contributed by atoms with E-state index in [2.05, 4.69) is 176 Å². The maximum Gasteiger partial charge on any atom is 0.215 e. The van der Waals surface area contributed by atoms with Crippen LogP contribution < -0.4 is 21.3 Å². The topological polar surface area (TPSA) is 17.8 Å². The summed E-state index contributed by atoms with van der Waals surface area (Å²) in [4.78, 5) is 4.94. The fourth-order valence-electron chi connectivity index (χ4n) is 6.18. The average Bonchev–Trinajstić information content (AvgIpc) is 3.53. The molecule has 0 aliphatic heterocycles. The van der Waals surface area contributed by atoms with Gasteiger partial charge in [0.25, 0.3) is 0 Å². The highest BCUT2D eigenvalue weighted by atomic mass is 32.1. The summed E-state index contributed by atoms with van der Waals surface area (Å²) < 4.78 is 2.39. The van der Waals surface area contributed by atoms with Gasteiger partial charge in [0.15, 0.2) is 8.07 Å². The summed E-state index contributed by atoms with van der Waals surface area (Å²) in [5.41, 5.74) is 4.88. The van der Waals surface area contributed by atoms with Gasteiger partial charge in [-0.2, -0.15) is 12.6 Å². The first-order valence-electron chi connectivity index (χ1n) is 15.0. The highest BCUT2D eigenvalue weighted by molar-refractivity contribution is 7.80. The largest absolute Gasteiger partial charge is 0.345 e. The van der Waals surface area contributed by atoms with Crippen molar-refractivity contribution in [2.24, 2.45) is 0 Å². The van der Waals surface area contributed by atoms with Crippen LogP contribution >= 0.6 is 12.6 Å². The van der Waals surface area contributed by atoms with Gasteiger partial charge >= 0.3 is 0 Å². The lowest BCUT2D eigenvalue weighted by atomic mass is 9.58.